The van der Waals surface area contributed by atoms with E-state index in [2.05, 4.69) is 11.9 Å². The van der Waals surface area contributed by atoms with Crippen molar-refractivity contribution in [3.8, 4) is 0 Å². The first-order valence-corrected chi connectivity index (χ1v) is 8.69. The van der Waals surface area contributed by atoms with Crippen molar-refractivity contribution in [1.29, 1.82) is 0 Å². The number of likely N-dealkylation sites (tertiary alicyclic amines) is 1. The number of ether oxygens (including phenoxy) is 1. The van der Waals surface area contributed by atoms with Crippen LogP contribution >= 0.6 is 0 Å². The van der Waals surface area contributed by atoms with Gasteiger partial charge < -0.3 is 19.6 Å². The predicted octanol–water partition coefficient (Wildman–Crippen LogP) is 1.50. The van der Waals surface area contributed by atoms with Gasteiger partial charge in [-0.1, -0.05) is 6.42 Å². The molecule has 5 heteroatoms. The normalized spacial score (nSPS) is 25.9. The summed E-state index contributed by atoms with van der Waals surface area (Å²) in [6, 6.07) is 0.556. The Hall–Kier alpha value is -0.650. The topological polar surface area (TPSA) is 53.0 Å². The lowest BCUT2D eigenvalue weighted by molar-refractivity contribution is -0.133. The summed E-state index contributed by atoms with van der Waals surface area (Å²) in [5.41, 5.74) is -0.162. The SMILES string of the molecule is CN(CC1(CO)CCOCC1)C(=O)CCC1CCCCN1C. The van der Waals surface area contributed by atoms with Crippen LogP contribution in [0.4, 0.5) is 0 Å². The molecule has 2 saturated heterocycles. The molecule has 0 spiro atoms. The second-order valence-electron chi connectivity index (χ2n) is 7.19. The molecule has 0 aromatic heterocycles. The average Bonchev–Trinajstić information content (AvgIpc) is 2.54. The zero-order valence-electron chi connectivity index (χ0n) is 14.2. The molecule has 2 fully saturated rings. The maximum absolute atomic E-state index is 12.4. The van der Waals surface area contributed by atoms with Crippen LogP contribution in [0.2, 0.25) is 0 Å². The van der Waals surface area contributed by atoms with Crippen LogP contribution in [0.1, 0.15) is 44.9 Å². The molecule has 1 N–H and O–H groups in total. The summed E-state index contributed by atoms with van der Waals surface area (Å²) in [7, 11) is 4.04. The van der Waals surface area contributed by atoms with E-state index >= 15 is 0 Å². The van der Waals surface area contributed by atoms with Crippen LogP contribution in [-0.4, -0.2) is 73.9 Å². The van der Waals surface area contributed by atoms with E-state index in [0.29, 0.717) is 32.2 Å². The molecule has 1 atom stereocenters. The van der Waals surface area contributed by atoms with Crippen LogP contribution in [0, 0.1) is 5.41 Å². The van der Waals surface area contributed by atoms with Crippen molar-refractivity contribution in [1.82, 2.24) is 9.80 Å². The Morgan fingerprint density at radius 2 is 2.09 bits per heavy atom. The van der Waals surface area contributed by atoms with Gasteiger partial charge in [-0.3, -0.25) is 4.79 Å². The van der Waals surface area contributed by atoms with Gasteiger partial charge >= 0.3 is 0 Å². The quantitative estimate of drug-likeness (QED) is 0.807. The maximum atomic E-state index is 12.4. The largest absolute Gasteiger partial charge is 0.396 e. The molecular weight excluding hydrogens is 280 g/mol. The molecule has 1 amide bonds. The molecule has 0 aromatic rings. The second-order valence-corrected chi connectivity index (χ2v) is 7.19. The fourth-order valence-electron chi connectivity index (χ4n) is 3.75. The number of amides is 1. The number of rotatable bonds is 6. The van der Waals surface area contributed by atoms with Crippen LogP contribution in [0.3, 0.4) is 0 Å². The third-order valence-corrected chi connectivity index (χ3v) is 5.50. The Bertz CT molecular complexity index is 356. The Morgan fingerprint density at radius 1 is 1.36 bits per heavy atom. The van der Waals surface area contributed by atoms with Crippen LogP contribution in [0.25, 0.3) is 0 Å². The Labute approximate surface area is 134 Å². The van der Waals surface area contributed by atoms with Crippen molar-refractivity contribution in [2.45, 2.75) is 51.0 Å². The molecule has 128 valence electrons. The van der Waals surface area contributed by atoms with E-state index in [0.717, 1.165) is 25.8 Å². The van der Waals surface area contributed by atoms with E-state index in [9.17, 15) is 9.90 Å². The van der Waals surface area contributed by atoms with Gasteiger partial charge in [-0.25, -0.2) is 0 Å². The summed E-state index contributed by atoms with van der Waals surface area (Å²) in [6.45, 7) is 3.32. The molecule has 5 nitrogen and oxygen atoms in total. The Morgan fingerprint density at radius 3 is 2.73 bits per heavy atom. The van der Waals surface area contributed by atoms with Crippen LogP contribution in [-0.2, 0) is 9.53 Å². The summed E-state index contributed by atoms with van der Waals surface area (Å²) < 4.78 is 5.39. The van der Waals surface area contributed by atoms with E-state index in [4.69, 9.17) is 4.74 Å². The lowest BCUT2D eigenvalue weighted by atomic mass is 9.80. The highest BCUT2D eigenvalue weighted by Gasteiger charge is 2.34. The fourth-order valence-corrected chi connectivity index (χ4v) is 3.75. The minimum atomic E-state index is -0.162. The van der Waals surface area contributed by atoms with Gasteiger partial charge in [-0.2, -0.15) is 0 Å². The van der Waals surface area contributed by atoms with Crippen LogP contribution in [0.5, 0.6) is 0 Å². The molecule has 0 saturated carbocycles. The first kappa shape index (κ1) is 17.7. The van der Waals surface area contributed by atoms with Crippen molar-refractivity contribution in [2.24, 2.45) is 5.41 Å². The van der Waals surface area contributed by atoms with Gasteiger partial charge in [0.2, 0.25) is 5.91 Å². The van der Waals surface area contributed by atoms with E-state index in [1.165, 1.54) is 19.3 Å². The number of hydrogen-bond acceptors (Lipinski definition) is 4. The number of carbonyl (C=O) groups is 1. The number of aliphatic hydroxyl groups excluding tert-OH is 1. The lowest BCUT2D eigenvalue weighted by Gasteiger charge is -2.38. The Balaban J connectivity index is 1.78. The Kier molecular flexibility index (Phi) is 6.66. The molecular formula is C17H32N2O3. The third-order valence-electron chi connectivity index (χ3n) is 5.50. The van der Waals surface area contributed by atoms with Crippen molar-refractivity contribution >= 4 is 5.91 Å². The molecule has 22 heavy (non-hydrogen) atoms. The molecule has 2 heterocycles. The highest BCUT2D eigenvalue weighted by atomic mass is 16.5. The van der Waals surface area contributed by atoms with Gasteiger partial charge in [-0.05, 0) is 45.7 Å². The van der Waals surface area contributed by atoms with E-state index in [-0.39, 0.29) is 17.9 Å². The minimum Gasteiger partial charge on any atom is -0.396 e. The number of piperidine rings is 1. The van der Waals surface area contributed by atoms with E-state index in [1.807, 2.05) is 11.9 Å². The standard InChI is InChI=1S/C17H32N2O3/c1-18-10-4-3-5-15(18)6-7-16(21)19(2)13-17(14-20)8-11-22-12-9-17/h15,20H,3-14H2,1-2H3. The highest BCUT2D eigenvalue weighted by molar-refractivity contribution is 5.75. The lowest BCUT2D eigenvalue weighted by Crippen LogP contribution is -2.45. The molecule has 2 aliphatic heterocycles. The van der Waals surface area contributed by atoms with Crippen LogP contribution in [0.15, 0.2) is 0 Å². The highest BCUT2D eigenvalue weighted by Crippen LogP contribution is 2.31. The minimum absolute atomic E-state index is 0.138. The number of nitrogens with zero attached hydrogens (tertiary/aromatic N) is 2. The summed E-state index contributed by atoms with van der Waals surface area (Å²) in [5.74, 6) is 0.207. The number of aliphatic hydroxyl groups is 1. The molecule has 2 aliphatic rings. The van der Waals surface area contributed by atoms with Gasteiger partial charge in [0.05, 0.1) is 6.61 Å². The number of carbonyl (C=O) groups excluding carboxylic acids is 1. The number of hydrogen-bond donors (Lipinski definition) is 1. The maximum Gasteiger partial charge on any atom is 0.222 e. The zero-order chi connectivity index (χ0) is 16.0. The summed E-state index contributed by atoms with van der Waals surface area (Å²) in [4.78, 5) is 16.6. The van der Waals surface area contributed by atoms with Gasteiger partial charge in [0.25, 0.3) is 0 Å². The smallest absolute Gasteiger partial charge is 0.222 e. The van der Waals surface area contributed by atoms with Gasteiger partial charge in [0.15, 0.2) is 0 Å². The van der Waals surface area contributed by atoms with E-state index < -0.39 is 0 Å². The summed E-state index contributed by atoms with van der Waals surface area (Å²) in [5, 5.41) is 9.74. The average molecular weight is 312 g/mol. The molecule has 1 unspecified atom stereocenters. The van der Waals surface area contributed by atoms with Crippen molar-refractivity contribution in [3.05, 3.63) is 0 Å². The van der Waals surface area contributed by atoms with Crippen molar-refractivity contribution < 1.29 is 14.6 Å². The van der Waals surface area contributed by atoms with Gasteiger partial charge in [0, 0.05) is 44.7 Å². The third kappa shape index (κ3) is 4.67. The van der Waals surface area contributed by atoms with Gasteiger partial charge in [0.1, 0.15) is 0 Å². The molecule has 0 aromatic carbocycles. The predicted molar refractivity (Wildman–Crippen MR) is 86.7 cm³/mol. The van der Waals surface area contributed by atoms with Crippen molar-refractivity contribution in [2.75, 3.05) is 47.0 Å². The van der Waals surface area contributed by atoms with Gasteiger partial charge in [-0.15, -0.1) is 0 Å². The molecule has 0 bridgehead atoms. The second kappa shape index (κ2) is 8.27. The first-order chi connectivity index (χ1) is 10.6. The fraction of sp³-hybridized carbons (Fsp3) is 0.941. The van der Waals surface area contributed by atoms with Crippen LogP contribution < -0.4 is 0 Å². The first-order valence-electron chi connectivity index (χ1n) is 8.69. The zero-order valence-corrected chi connectivity index (χ0v) is 14.2. The van der Waals surface area contributed by atoms with Crippen molar-refractivity contribution in [3.63, 3.8) is 0 Å². The van der Waals surface area contributed by atoms with E-state index in [1.54, 1.807) is 0 Å². The molecule has 0 aliphatic carbocycles. The molecule has 2 rings (SSSR count). The monoisotopic (exact) mass is 312 g/mol. The summed E-state index contributed by atoms with van der Waals surface area (Å²) >= 11 is 0. The molecule has 0 radical (unpaired) electrons. The summed E-state index contributed by atoms with van der Waals surface area (Å²) in [6.07, 6.45) is 7.03.